The number of hydrogen-bond acceptors (Lipinski definition) is 4. The van der Waals surface area contributed by atoms with E-state index >= 15 is 0 Å². The molecule has 0 amide bonds. The van der Waals surface area contributed by atoms with Gasteiger partial charge >= 0.3 is 0 Å². The van der Waals surface area contributed by atoms with Crippen LogP contribution in [-0.4, -0.2) is 14.7 Å². The molecule has 4 nitrogen and oxygen atoms in total. The number of sulfonamides is 1. The number of aryl methyl sites for hydroxylation is 1. The van der Waals surface area contributed by atoms with Crippen LogP contribution < -0.4 is 10.0 Å². The fraction of sp³-hybridized carbons (Fsp3) is 0.286. The van der Waals surface area contributed by atoms with Crippen molar-refractivity contribution in [2.24, 2.45) is 0 Å². The Morgan fingerprint density at radius 3 is 2.52 bits per heavy atom. The summed E-state index contributed by atoms with van der Waals surface area (Å²) >= 11 is 1.68. The van der Waals surface area contributed by atoms with Crippen LogP contribution in [0.4, 0.5) is 15.8 Å². The first-order chi connectivity index (χ1) is 9.74. The Labute approximate surface area is 128 Å². The number of rotatable bonds is 5. The summed E-state index contributed by atoms with van der Waals surface area (Å²) in [5.74, 6) is -0.606. The maximum Gasteiger partial charge on any atom is 0.229 e. The molecule has 0 radical (unpaired) electrons. The van der Waals surface area contributed by atoms with Crippen molar-refractivity contribution in [1.29, 1.82) is 0 Å². The average Bonchev–Trinajstić information content (AvgIpc) is 2.78. The van der Waals surface area contributed by atoms with E-state index in [1.54, 1.807) is 17.4 Å². The molecule has 0 bridgehead atoms. The molecule has 2 rings (SSSR count). The third-order valence-electron chi connectivity index (χ3n) is 2.83. The molecule has 1 unspecified atom stereocenters. The van der Waals surface area contributed by atoms with Gasteiger partial charge in [-0.25, -0.2) is 12.8 Å². The van der Waals surface area contributed by atoms with Crippen molar-refractivity contribution in [2.45, 2.75) is 19.9 Å². The van der Waals surface area contributed by atoms with Crippen molar-refractivity contribution in [2.75, 3.05) is 16.3 Å². The molecule has 0 aliphatic heterocycles. The largest absolute Gasteiger partial charge is 0.378 e. The lowest BCUT2D eigenvalue weighted by Gasteiger charge is -2.15. The summed E-state index contributed by atoms with van der Waals surface area (Å²) < 4.78 is 38.2. The molecule has 0 spiro atoms. The van der Waals surface area contributed by atoms with Crippen LogP contribution in [0, 0.1) is 12.7 Å². The first-order valence-electron chi connectivity index (χ1n) is 6.35. The molecule has 21 heavy (non-hydrogen) atoms. The zero-order valence-electron chi connectivity index (χ0n) is 12.0. The van der Waals surface area contributed by atoms with E-state index in [1.807, 2.05) is 26.0 Å². The van der Waals surface area contributed by atoms with Crippen molar-refractivity contribution in [1.82, 2.24) is 0 Å². The Kier molecular flexibility index (Phi) is 4.53. The van der Waals surface area contributed by atoms with Gasteiger partial charge in [-0.3, -0.25) is 4.72 Å². The molecule has 1 aromatic carbocycles. The van der Waals surface area contributed by atoms with Crippen LogP contribution in [0.5, 0.6) is 0 Å². The second kappa shape index (κ2) is 6.03. The van der Waals surface area contributed by atoms with Gasteiger partial charge in [-0.15, -0.1) is 11.3 Å². The number of hydrogen-bond donors (Lipinski definition) is 2. The highest BCUT2D eigenvalue weighted by Crippen LogP contribution is 2.27. The minimum absolute atomic E-state index is 0.0558. The maximum atomic E-state index is 13.6. The monoisotopic (exact) mass is 328 g/mol. The quantitative estimate of drug-likeness (QED) is 0.879. The molecule has 2 N–H and O–H groups in total. The fourth-order valence-corrected chi connectivity index (χ4v) is 3.34. The molecule has 0 saturated carbocycles. The summed E-state index contributed by atoms with van der Waals surface area (Å²) in [7, 11) is -3.51. The Hall–Kier alpha value is -1.60. The molecule has 1 heterocycles. The number of anilines is 2. The van der Waals surface area contributed by atoms with Gasteiger partial charge in [0.05, 0.1) is 18.0 Å². The lowest BCUT2D eigenvalue weighted by atomic mass is 10.2. The van der Waals surface area contributed by atoms with Crippen LogP contribution in [0.1, 0.15) is 22.7 Å². The predicted octanol–water partition coefficient (Wildman–Crippen LogP) is 3.74. The number of benzene rings is 1. The molecule has 7 heteroatoms. The van der Waals surface area contributed by atoms with Gasteiger partial charge in [-0.2, -0.15) is 0 Å². The van der Waals surface area contributed by atoms with Crippen LogP contribution in [0.2, 0.25) is 0 Å². The number of nitrogens with one attached hydrogen (secondary N) is 2. The van der Waals surface area contributed by atoms with Crippen LogP contribution in [0.25, 0.3) is 0 Å². The van der Waals surface area contributed by atoms with Gasteiger partial charge in [-0.05, 0) is 44.2 Å². The summed E-state index contributed by atoms with van der Waals surface area (Å²) in [5, 5.41) is 3.23. The molecule has 0 aliphatic rings. The lowest BCUT2D eigenvalue weighted by molar-refractivity contribution is 0.604. The van der Waals surface area contributed by atoms with Gasteiger partial charge in [0, 0.05) is 15.4 Å². The van der Waals surface area contributed by atoms with E-state index in [4.69, 9.17) is 0 Å². The van der Waals surface area contributed by atoms with Gasteiger partial charge < -0.3 is 5.32 Å². The van der Waals surface area contributed by atoms with E-state index in [0.717, 1.165) is 11.1 Å². The van der Waals surface area contributed by atoms with Crippen LogP contribution in [0.3, 0.4) is 0 Å². The lowest BCUT2D eigenvalue weighted by Crippen LogP contribution is -2.12. The number of halogens is 1. The molecular formula is C14H17FN2O2S2. The van der Waals surface area contributed by atoms with Gasteiger partial charge in [0.25, 0.3) is 0 Å². The molecule has 0 saturated heterocycles. The maximum absolute atomic E-state index is 13.6. The molecule has 1 aromatic heterocycles. The Morgan fingerprint density at radius 2 is 1.95 bits per heavy atom. The SMILES string of the molecule is Cc1ccc(C(C)Nc2ccc(F)c(NS(C)(=O)=O)c2)s1. The molecule has 0 fully saturated rings. The van der Waals surface area contributed by atoms with E-state index in [9.17, 15) is 12.8 Å². The van der Waals surface area contributed by atoms with Crippen LogP contribution in [-0.2, 0) is 10.0 Å². The van der Waals surface area contributed by atoms with E-state index < -0.39 is 15.8 Å². The highest BCUT2D eigenvalue weighted by Gasteiger charge is 2.11. The standard InChI is InChI=1S/C14H17FN2O2S2/c1-9-4-7-14(20-9)10(2)16-11-5-6-12(15)13(8-11)17-21(3,18)19/h4-8,10,16-17H,1-3H3. The van der Waals surface area contributed by atoms with Gasteiger partial charge in [0.2, 0.25) is 10.0 Å². The Bertz CT molecular complexity index is 741. The summed E-state index contributed by atoms with van der Waals surface area (Å²) in [5.41, 5.74) is 0.596. The van der Waals surface area contributed by atoms with Gasteiger partial charge in [-0.1, -0.05) is 0 Å². The molecular weight excluding hydrogens is 311 g/mol. The summed E-state index contributed by atoms with van der Waals surface area (Å²) in [6.07, 6.45) is 0.990. The Morgan fingerprint density at radius 1 is 1.24 bits per heavy atom. The molecule has 114 valence electrons. The molecule has 0 aliphatic carbocycles. The zero-order chi connectivity index (χ0) is 15.6. The first kappa shape index (κ1) is 15.8. The van der Waals surface area contributed by atoms with E-state index in [2.05, 4.69) is 10.0 Å². The molecule has 1 atom stereocenters. The molecule has 2 aromatic rings. The zero-order valence-corrected chi connectivity index (χ0v) is 13.6. The van der Waals surface area contributed by atoms with Crippen LogP contribution in [0.15, 0.2) is 30.3 Å². The topological polar surface area (TPSA) is 58.2 Å². The Balaban J connectivity index is 2.19. The van der Waals surface area contributed by atoms with Crippen molar-refractivity contribution in [3.05, 3.63) is 45.9 Å². The minimum atomic E-state index is -3.51. The predicted molar refractivity (Wildman–Crippen MR) is 86.0 cm³/mol. The average molecular weight is 328 g/mol. The van der Waals surface area contributed by atoms with Crippen molar-refractivity contribution < 1.29 is 12.8 Å². The second-order valence-electron chi connectivity index (χ2n) is 4.88. The normalized spacial score (nSPS) is 13.0. The number of thiophene rings is 1. The second-order valence-corrected chi connectivity index (χ2v) is 7.95. The summed E-state index contributed by atoms with van der Waals surface area (Å²) in [6.45, 7) is 4.03. The van der Waals surface area contributed by atoms with Crippen molar-refractivity contribution in [3.63, 3.8) is 0 Å². The third kappa shape index (κ3) is 4.44. The van der Waals surface area contributed by atoms with E-state index in [-0.39, 0.29) is 11.7 Å². The summed E-state index contributed by atoms with van der Waals surface area (Å²) in [6, 6.07) is 8.41. The highest BCUT2D eigenvalue weighted by atomic mass is 32.2. The fourth-order valence-electron chi connectivity index (χ4n) is 1.90. The van der Waals surface area contributed by atoms with Gasteiger partial charge in [0.1, 0.15) is 5.82 Å². The van der Waals surface area contributed by atoms with Gasteiger partial charge in [0.15, 0.2) is 0 Å². The van der Waals surface area contributed by atoms with E-state index in [1.165, 1.54) is 17.0 Å². The van der Waals surface area contributed by atoms with Crippen molar-refractivity contribution >= 4 is 32.7 Å². The summed E-state index contributed by atoms with van der Waals surface area (Å²) in [4.78, 5) is 2.38. The minimum Gasteiger partial charge on any atom is -0.378 e. The highest BCUT2D eigenvalue weighted by molar-refractivity contribution is 7.92. The smallest absolute Gasteiger partial charge is 0.229 e. The van der Waals surface area contributed by atoms with Crippen LogP contribution >= 0.6 is 11.3 Å². The van der Waals surface area contributed by atoms with E-state index in [0.29, 0.717) is 5.69 Å². The third-order valence-corrected chi connectivity index (χ3v) is 4.61. The first-order valence-corrected chi connectivity index (χ1v) is 9.05. The van der Waals surface area contributed by atoms with Crippen molar-refractivity contribution in [3.8, 4) is 0 Å².